The molecule has 144 valence electrons. The summed E-state index contributed by atoms with van der Waals surface area (Å²) in [6.45, 7) is 4.34. The van der Waals surface area contributed by atoms with Gasteiger partial charge in [-0.3, -0.25) is 4.79 Å². The molecule has 0 saturated heterocycles. The molecule has 1 heterocycles. The number of anilines is 4. The highest BCUT2D eigenvalue weighted by atomic mass is 16.1. The van der Waals surface area contributed by atoms with Crippen molar-refractivity contribution in [2.45, 2.75) is 19.8 Å². The van der Waals surface area contributed by atoms with E-state index in [1.807, 2.05) is 55.4 Å². The minimum absolute atomic E-state index is 0.182. The van der Waals surface area contributed by atoms with Gasteiger partial charge >= 0.3 is 0 Å². The standard InChI is InChI=1S/C23H26N4O/c1-16(2)17-5-8-19(9-6-17)25-22-14-7-18(15-24-22)23(28)26-20-10-12-21(13-11-20)27(3)4/h5-16H,1-4H3,(H,24,25)(H,26,28). The zero-order chi connectivity index (χ0) is 20.1. The van der Waals surface area contributed by atoms with E-state index in [0.29, 0.717) is 17.3 Å². The predicted octanol–water partition coefficient (Wildman–Crippen LogP) is 5.27. The Morgan fingerprint density at radius 3 is 2.07 bits per heavy atom. The van der Waals surface area contributed by atoms with Crippen molar-refractivity contribution in [2.75, 3.05) is 29.6 Å². The van der Waals surface area contributed by atoms with Crippen molar-refractivity contribution >= 4 is 28.8 Å². The van der Waals surface area contributed by atoms with E-state index in [-0.39, 0.29) is 5.91 Å². The van der Waals surface area contributed by atoms with Gasteiger partial charge in [0, 0.05) is 37.4 Å². The molecule has 0 aliphatic rings. The molecule has 1 aromatic heterocycles. The van der Waals surface area contributed by atoms with Crippen LogP contribution in [0.2, 0.25) is 0 Å². The fraction of sp³-hybridized carbons (Fsp3) is 0.217. The van der Waals surface area contributed by atoms with E-state index in [4.69, 9.17) is 0 Å². The zero-order valence-electron chi connectivity index (χ0n) is 16.7. The summed E-state index contributed by atoms with van der Waals surface area (Å²) < 4.78 is 0. The number of rotatable bonds is 6. The molecule has 2 aromatic carbocycles. The Morgan fingerprint density at radius 1 is 0.893 bits per heavy atom. The number of hydrogen-bond acceptors (Lipinski definition) is 4. The number of carbonyl (C=O) groups is 1. The Labute approximate surface area is 166 Å². The third kappa shape index (κ3) is 4.88. The molecule has 0 radical (unpaired) electrons. The highest BCUT2D eigenvalue weighted by Crippen LogP contribution is 2.20. The van der Waals surface area contributed by atoms with E-state index in [0.717, 1.165) is 17.1 Å². The third-order valence-corrected chi connectivity index (χ3v) is 4.52. The van der Waals surface area contributed by atoms with E-state index in [1.54, 1.807) is 18.3 Å². The van der Waals surface area contributed by atoms with Crippen molar-refractivity contribution in [3.05, 3.63) is 78.0 Å². The van der Waals surface area contributed by atoms with Crippen molar-refractivity contribution in [2.24, 2.45) is 0 Å². The monoisotopic (exact) mass is 374 g/mol. The van der Waals surface area contributed by atoms with Crippen LogP contribution < -0.4 is 15.5 Å². The molecule has 0 fully saturated rings. The molecule has 0 saturated carbocycles. The zero-order valence-corrected chi connectivity index (χ0v) is 16.7. The molecular formula is C23H26N4O. The Hall–Kier alpha value is -3.34. The van der Waals surface area contributed by atoms with Crippen LogP contribution in [0.1, 0.15) is 35.7 Å². The van der Waals surface area contributed by atoms with Gasteiger partial charge in [-0.25, -0.2) is 4.98 Å². The first-order chi connectivity index (χ1) is 13.4. The maximum absolute atomic E-state index is 12.4. The first-order valence-electron chi connectivity index (χ1n) is 9.34. The molecular weight excluding hydrogens is 348 g/mol. The molecule has 0 aliphatic heterocycles. The Bertz CT molecular complexity index is 914. The van der Waals surface area contributed by atoms with Crippen molar-refractivity contribution in [1.29, 1.82) is 0 Å². The van der Waals surface area contributed by atoms with Crippen LogP contribution in [0.3, 0.4) is 0 Å². The number of nitrogens with one attached hydrogen (secondary N) is 2. The van der Waals surface area contributed by atoms with Gasteiger partial charge in [-0.05, 0) is 60.0 Å². The Kier molecular flexibility index (Phi) is 5.94. The highest BCUT2D eigenvalue weighted by molar-refractivity contribution is 6.04. The summed E-state index contributed by atoms with van der Waals surface area (Å²) in [7, 11) is 3.96. The molecule has 0 spiro atoms. The fourth-order valence-corrected chi connectivity index (χ4v) is 2.75. The molecule has 2 N–H and O–H groups in total. The van der Waals surface area contributed by atoms with Crippen LogP contribution in [0, 0.1) is 0 Å². The summed E-state index contributed by atoms with van der Waals surface area (Å²) in [5.41, 5.74) is 4.61. The third-order valence-electron chi connectivity index (χ3n) is 4.52. The van der Waals surface area contributed by atoms with Crippen LogP contribution in [-0.4, -0.2) is 25.0 Å². The average molecular weight is 374 g/mol. The van der Waals surface area contributed by atoms with Gasteiger partial charge in [0.05, 0.1) is 5.56 Å². The van der Waals surface area contributed by atoms with E-state index in [2.05, 4.69) is 41.6 Å². The number of carbonyl (C=O) groups excluding carboxylic acids is 1. The number of aromatic nitrogens is 1. The van der Waals surface area contributed by atoms with Crippen LogP contribution in [0.4, 0.5) is 22.9 Å². The fourth-order valence-electron chi connectivity index (χ4n) is 2.75. The molecule has 3 rings (SSSR count). The second-order valence-electron chi connectivity index (χ2n) is 7.23. The maximum Gasteiger partial charge on any atom is 0.257 e. The average Bonchev–Trinajstić information content (AvgIpc) is 2.69. The lowest BCUT2D eigenvalue weighted by atomic mass is 10.0. The summed E-state index contributed by atoms with van der Waals surface area (Å²) in [6.07, 6.45) is 1.58. The Morgan fingerprint density at radius 2 is 1.54 bits per heavy atom. The molecule has 3 aromatic rings. The van der Waals surface area contributed by atoms with E-state index < -0.39 is 0 Å². The Balaban J connectivity index is 1.62. The number of pyridine rings is 1. The van der Waals surface area contributed by atoms with Crippen molar-refractivity contribution in [3.8, 4) is 0 Å². The quantitative estimate of drug-likeness (QED) is 0.617. The predicted molar refractivity (Wildman–Crippen MR) is 117 cm³/mol. The largest absolute Gasteiger partial charge is 0.378 e. The molecule has 1 amide bonds. The first kappa shape index (κ1) is 19.4. The minimum Gasteiger partial charge on any atom is -0.378 e. The van der Waals surface area contributed by atoms with Gasteiger partial charge in [0.25, 0.3) is 5.91 Å². The lowest BCUT2D eigenvalue weighted by molar-refractivity contribution is 0.102. The van der Waals surface area contributed by atoms with Crippen LogP contribution >= 0.6 is 0 Å². The molecule has 0 bridgehead atoms. The van der Waals surface area contributed by atoms with Crippen LogP contribution in [0.25, 0.3) is 0 Å². The van der Waals surface area contributed by atoms with Gasteiger partial charge in [0.1, 0.15) is 5.82 Å². The van der Waals surface area contributed by atoms with E-state index in [9.17, 15) is 4.79 Å². The molecule has 5 nitrogen and oxygen atoms in total. The van der Waals surface area contributed by atoms with Gasteiger partial charge in [-0.2, -0.15) is 0 Å². The second kappa shape index (κ2) is 8.57. The van der Waals surface area contributed by atoms with Gasteiger partial charge in [-0.1, -0.05) is 26.0 Å². The molecule has 0 atom stereocenters. The van der Waals surface area contributed by atoms with E-state index in [1.165, 1.54) is 5.56 Å². The van der Waals surface area contributed by atoms with Crippen LogP contribution in [0.15, 0.2) is 66.9 Å². The molecule has 0 unspecified atom stereocenters. The van der Waals surface area contributed by atoms with Gasteiger partial charge in [0.2, 0.25) is 0 Å². The number of nitrogens with zero attached hydrogens (tertiary/aromatic N) is 2. The van der Waals surface area contributed by atoms with Crippen molar-refractivity contribution in [1.82, 2.24) is 4.98 Å². The van der Waals surface area contributed by atoms with E-state index >= 15 is 0 Å². The van der Waals surface area contributed by atoms with Crippen LogP contribution in [-0.2, 0) is 0 Å². The summed E-state index contributed by atoms with van der Waals surface area (Å²) in [5.74, 6) is 1.02. The smallest absolute Gasteiger partial charge is 0.257 e. The summed E-state index contributed by atoms with van der Waals surface area (Å²) in [5, 5.41) is 6.15. The van der Waals surface area contributed by atoms with Gasteiger partial charge in [-0.15, -0.1) is 0 Å². The molecule has 28 heavy (non-hydrogen) atoms. The maximum atomic E-state index is 12.4. The normalized spacial score (nSPS) is 10.6. The topological polar surface area (TPSA) is 57.3 Å². The van der Waals surface area contributed by atoms with Crippen molar-refractivity contribution < 1.29 is 4.79 Å². The highest BCUT2D eigenvalue weighted by Gasteiger charge is 2.08. The molecule has 5 heteroatoms. The second-order valence-corrected chi connectivity index (χ2v) is 7.23. The van der Waals surface area contributed by atoms with Gasteiger partial charge in [0.15, 0.2) is 0 Å². The summed E-state index contributed by atoms with van der Waals surface area (Å²) >= 11 is 0. The first-order valence-corrected chi connectivity index (χ1v) is 9.34. The lowest BCUT2D eigenvalue weighted by Crippen LogP contribution is -2.13. The number of amides is 1. The SMILES string of the molecule is CC(C)c1ccc(Nc2ccc(C(=O)Nc3ccc(N(C)C)cc3)cn2)cc1. The molecule has 0 aliphatic carbocycles. The minimum atomic E-state index is -0.182. The van der Waals surface area contributed by atoms with Gasteiger partial charge < -0.3 is 15.5 Å². The number of benzene rings is 2. The number of hydrogen-bond donors (Lipinski definition) is 2. The summed E-state index contributed by atoms with van der Waals surface area (Å²) in [4.78, 5) is 18.8. The summed E-state index contributed by atoms with van der Waals surface area (Å²) in [6, 6.07) is 19.6. The van der Waals surface area contributed by atoms with Crippen molar-refractivity contribution in [3.63, 3.8) is 0 Å². The van der Waals surface area contributed by atoms with Crippen LogP contribution in [0.5, 0.6) is 0 Å². The lowest BCUT2D eigenvalue weighted by Gasteiger charge is -2.13.